The average Bonchev–Trinajstić information content (AvgIpc) is 2.47. The predicted molar refractivity (Wildman–Crippen MR) is 82.1 cm³/mol. The van der Waals surface area contributed by atoms with Crippen LogP contribution in [0.4, 0.5) is 0 Å². The molecule has 0 saturated heterocycles. The van der Waals surface area contributed by atoms with Gasteiger partial charge in [-0.1, -0.05) is 19.9 Å². The molecule has 2 N–H and O–H groups in total. The van der Waals surface area contributed by atoms with E-state index in [-0.39, 0.29) is 0 Å². The molecule has 0 aromatic heterocycles. The Morgan fingerprint density at radius 2 is 1.95 bits per heavy atom. The molecule has 0 spiro atoms. The summed E-state index contributed by atoms with van der Waals surface area (Å²) in [7, 11) is 0. The van der Waals surface area contributed by atoms with E-state index in [0.717, 1.165) is 12.8 Å². The fourth-order valence-electron chi connectivity index (χ4n) is 1.94. The first-order valence-corrected chi connectivity index (χ1v) is 7.49. The summed E-state index contributed by atoms with van der Waals surface area (Å²) >= 11 is 0. The fourth-order valence-corrected chi connectivity index (χ4v) is 1.94. The second-order valence-corrected chi connectivity index (χ2v) is 4.71. The minimum Gasteiger partial charge on any atom is -0.490 e. The molecule has 5 heteroatoms. The van der Waals surface area contributed by atoms with E-state index in [1.165, 1.54) is 0 Å². The Labute approximate surface area is 126 Å². The minimum absolute atomic E-state index is 0.506. The first kappa shape index (κ1) is 17.3. The highest BCUT2D eigenvalue weighted by Gasteiger charge is 2.20. The summed E-state index contributed by atoms with van der Waals surface area (Å²) in [6.45, 7) is 7.68. The molecule has 1 atom stereocenters. The lowest BCUT2D eigenvalue weighted by molar-refractivity contribution is -0.139. The number of carbonyl (C=O) groups is 1. The summed E-state index contributed by atoms with van der Waals surface area (Å²) in [5.41, 5.74) is 0.670. The molecule has 0 aliphatic carbocycles. The van der Waals surface area contributed by atoms with Crippen LogP contribution in [0.1, 0.15) is 45.2 Å². The highest BCUT2D eigenvalue weighted by atomic mass is 16.5. The van der Waals surface area contributed by atoms with Crippen LogP contribution < -0.4 is 14.8 Å². The molecule has 0 fully saturated rings. The summed E-state index contributed by atoms with van der Waals surface area (Å²) in [5.74, 6) is 0.350. The van der Waals surface area contributed by atoms with E-state index in [0.29, 0.717) is 36.8 Å². The molecule has 0 bridgehead atoms. The van der Waals surface area contributed by atoms with Crippen molar-refractivity contribution >= 4 is 5.97 Å². The van der Waals surface area contributed by atoms with Crippen molar-refractivity contribution in [3.63, 3.8) is 0 Å². The van der Waals surface area contributed by atoms with Crippen LogP contribution in [0.5, 0.6) is 11.5 Å². The van der Waals surface area contributed by atoms with E-state index in [1.807, 2.05) is 20.8 Å². The van der Waals surface area contributed by atoms with Crippen molar-refractivity contribution in [1.29, 1.82) is 0 Å². The Balaban J connectivity index is 3.00. The molecule has 0 radical (unpaired) electrons. The standard InChI is InChI=1S/C16H25NO4/c1-4-9-17-15(16(18)19)12-7-8-13(21-10-5-2)14(11-12)20-6-3/h7-8,11,15,17H,4-6,9-10H2,1-3H3,(H,18,19). The molecule has 1 aromatic rings. The first-order chi connectivity index (χ1) is 10.1. The number of aliphatic carboxylic acids is 1. The molecular formula is C16H25NO4. The molecule has 21 heavy (non-hydrogen) atoms. The smallest absolute Gasteiger partial charge is 0.325 e. The van der Waals surface area contributed by atoms with Crippen molar-refractivity contribution in [2.75, 3.05) is 19.8 Å². The summed E-state index contributed by atoms with van der Waals surface area (Å²) in [6.07, 6.45) is 1.78. The molecule has 0 heterocycles. The molecular weight excluding hydrogens is 270 g/mol. The van der Waals surface area contributed by atoms with Crippen LogP contribution in [-0.2, 0) is 4.79 Å². The van der Waals surface area contributed by atoms with E-state index in [9.17, 15) is 9.90 Å². The summed E-state index contributed by atoms with van der Waals surface area (Å²) in [6, 6.07) is 4.56. The Bertz CT molecular complexity index is 448. The van der Waals surface area contributed by atoms with E-state index >= 15 is 0 Å². The largest absolute Gasteiger partial charge is 0.490 e. The molecule has 1 rings (SSSR count). The van der Waals surface area contributed by atoms with Gasteiger partial charge in [-0.05, 0) is 44.0 Å². The second kappa shape index (κ2) is 9.23. The van der Waals surface area contributed by atoms with Gasteiger partial charge in [-0.15, -0.1) is 0 Å². The molecule has 5 nitrogen and oxygen atoms in total. The van der Waals surface area contributed by atoms with Crippen molar-refractivity contribution in [2.24, 2.45) is 0 Å². The third-order valence-electron chi connectivity index (χ3n) is 2.91. The molecule has 0 aliphatic rings. The van der Waals surface area contributed by atoms with Gasteiger partial charge in [-0.2, -0.15) is 0 Å². The number of ether oxygens (including phenoxy) is 2. The van der Waals surface area contributed by atoms with Gasteiger partial charge in [0.05, 0.1) is 13.2 Å². The number of hydrogen-bond donors (Lipinski definition) is 2. The summed E-state index contributed by atoms with van der Waals surface area (Å²) in [5, 5.41) is 12.4. The van der Waals surface area contributed by atoms with Crippen LogP contribution in [-0.4, -0.2) is 30.8 Å². The van der Waals surface area contributed by atoms with E-state index in [4.69, 9.17) is 9.47 Å². The number of carboxylic acids is 1. The summed E-state index contributed by atoms with van der Waals surface area (Å²) in [4.78, 5) is 11.4. The van der Waals surface area contributed by atoms with Gasteiger partial charge in [-0.25, -0.2) is 0 Å². The zero-order valence-corrected chi connectivity index (χ0v) is 13.0. The third kappa shape index (κ3) is 5.27. The van der Waals surface area contributed by atoms with Crippen LogP contribution in [0.2, 0.25) is 0 Å². The lowest BCUT2D eigenvalue weighted by atomic mass is 10.1. The summed E-state index contributed by atoms with van der Waals surface area (Å²) < 4.78 is 11.2. The highest BCUT2D eigenvalue weighted by molar-refractivity contribution is 5.76. The van der Waals surface area contributed by atoms with Gasteiger partial charge in [0.2, 0.25) is 0 Å². The number of benzene rings is 1. The van der Waals surface area contributed by atoms with Gasteiger partial charge in [-0.3, -0.25) is 4.79 Å². The van der Waals surface area contributed by atoms with Gasteiger partial charge in [0.25, 0.3) is 0 Å². The maximum atomic E-state index is 11.4. The molecule has 0 amide bonds. The third-order valence-corrected chi connectivity index (χ3v) is 2.91. The van der Waals surface area contributed by atoms with Gasteiger partial charge < -0.3 is 19.9 Å². The lowest BCUT2D eigenvalue weighted by Gasteiger charge is -2.17. The van der Waals surface area contributed by atoms with Crippen LogP contribution in [0.25, 0.3) is 0 Å². The molecule has 0 saturated carbocycles. The van der Waals surface area contributed by atoms with E-state index < -0.39 is 12.0 Å². The maximum absolute atomic E-state index is 11.4. The molecule has 1 aromatic carbocycles. The van der Waals surface area contributed by atoms with E-state index in [1.54, 1.807) is 18.2 Å². The average molecular weight is 295 g/mol. The Morgan fingerprint density at radius 3 is 2.52 bits per heavy atom. The zero-order chi connectivity index (χ0) is 15.7. The van der Waals surface area contributed by atoms with Crippen molar-refractivity contribution in [3.8, 4) is 11.5 Å². The number of rotatable bonds is 10. The molecule has 1 unspecified atom stereocenters. The number of nitrogens with one attached hydrogen (secondary N) is 1. The van der Waals surface area contributed by atoms with Gasteiger partial charge in [0.1, 0.15) is 6.04 Å². The first-order valence-electron chi connectivity index (χ1n) is 7.49. The Kier molecular flexibility index (Phi) is 7.61. The van der Waals surface area contributed by atoms with Crippen molar-refractivity contribution in [3.05, 3.63) is 23.8 Å². The zero-order valence-electron chi connectivity index (χ0n) is 13.0. The van der Waals surface area contributed by atoms with Crippen LogP contribution in [0.3, 0.4) is 0 Å². The predicted octanol–water partition coefficient (Wildman–Crippen LogP) is 3.00. The Morgan fingerprint density at radius 1 is 1.19 bits per heavy atom. The number of carboxylic acid groups (broad SMARTS) is 1. The SMILES string of the molecule is CCCNC(C(=O)O)c1ccc(OCCC)c(OCC)c1. The van der Waals surface area contributed by atoms with Crippen LogP contribution in [0, 0.1) is 0 Å². The van der Waals surface area contributed by atoms with Gasteiger partial charge in [0, 0.05) is 0 Å². The second-order valence-electron chi connectivity index (χ2n) is 4.71. The normalized spacial score (nSPS) is 12.0. The number of hydrogen-bond acceptors (Lipinski definition) is 4. The van der Waals surface area contributed by atoms with Crippen molar-refractivity contribution in [1.82, 2.24) is 5.32 Å². The maximum Gasteiger partial charge on any atom is 0.325 e. The minimum atomic E-state index is -0.895. The van der Waals surface area contributed by atoms with Crippen molar-refractivity contribution < 1.29 is 19.4 Å². The monoisotopic (exact) mass is 295 g/mol. The van der Waals surface area contributed by atoms with Crippen molar-refractivity contribution in [2.45, 2.75) is 39.7 Å². The quantitative estimate of drug-likeness (QED) is 0.694. The molecule has 0 aliphatic heterocycles. The van der Waals surface area contributed by atoms with Crippen LogP contribution >= 0.6 is 0 Å². The topological polar surface area (TPSA) is 67.8 Å². The highest BCUT2D eigenvalue weighted by Crippen LogP contribution is 2.31. The van der Waals surface area contributed by atoms with Gasteiger partial charge >= 0.3 is 5.97 Å². The Hall–Kier alpha value is -1.75. The van der Waals surface area contributed by atoms with Gasteiger partial charge in [0.15, 0.2) is 11.5 Å². The fraction of sp³-hybridized carbons (Fsp3) is 0.562. The van der Waals surface area contributed by atoms with E-state index in [2.05, 4.69) is 5.32 Å². The molecule has 118 valence electrons. The van der Waals surface area contributed by atoms with Crippen LogP contribution in [0.15, 0.2) is 18.2 Å². The lowest BCUT2D eigenvalue weighted by Crippen LogP contribution is -2.29.